The van der Waals surface area contributed by atoms with Crippen LogP contribution in [0.3, 0.4) is 0 Å². The first-order valence-corrected chi connectivity index (χ1v) is 4.83. The monoisotopic (exact) mass is 179 g/mol. The van der Waals surface area contributed by atoms with Gasteiger partial charge in [-0.2, -0.15) is 0 Å². The first kappa shape index (κ1) is 7.68. The smallest absolute Gasteiger partial charge is 0.143 e. The summed E-state index contributed by atoms with van der Waals surface area (Å²) in [5.74, 6) is 0.994. The van der Waals surface area contributed by atoms with E-state index < -0.39 is 0 Å². The summed E-state index contributed by atoms with van der Waals surface area (Å²) in [5.41, 5.74) is 1.14. The quantitative estimate of drug-likeness (QED) is 0.658. The van der Waals surface area contributed by atoms with Crippen molar-refractivity contribution in [2.75, 3.05) is 12.4 Å². The maximum Gasteiger partial charge on any atom is 0.143 e. The van der Waals surface area contributed by atoms with E-state index in [-0.39, 0.29) is 0 Å². The summed E-state index contributed by atoms with van der Waals surface area (Å²) in [4.78, 5) is 5.00. The van der Waals surface area contributed by atoms with Crippen LogP contribution in [-0.4, -0.2) is 17.4 Å². The second-order valence-corrected chi connectivity index (χ2v) is 3.53. The van der Waals surface area contributed by atoms with Gasteiger partial charge in [0.05, 0.1) is 0 Å². The Kier molecular flexibility index (Phi) is 2.32. The zero-order valence-corrected chi connectivity index (χ0v) is 7.38. The molecule has 3 heteroatoms. The van der Waals surface area contributed by atoms with Crippen molar-refractivity contribution < 1.29 is 4.84 Å². The molecule has 0 saturated heterocycles. The lowest BCUT2D eigenvalue weighted by Crippen LogP contribution is -2.07. The van der Waals surface area contributed by atoms with Gasteiger partial charge in [-0.3, -0.25) is 0 Å². The minimum Gasteiger partial charge on any atom is -0.394 e. The molecule has 12 heavy (non-hydrogen) atoms. The van der Waals surface area contributed by atoms with Gasteiger partial charge in [-0.15, -0.1) is 0 Å². The van der Waals surface area contributed by atoms with Gasteiger partial charge in [-0.25, -0.2) is 0 Å². The van der Waals surface area contributed by atoms with Gasteiger partial charge in [0, 0.05) is 11.3 Å². The average Bonchev–Trinajstić information content (AvgIpc) is 2.21. The summed E-state index contributed by atoms with van der Waals surface area (Å²) < 4.78 is 0. The molecule has 0 atom stereocenters. The van der Waals surface area contributed by atoms with Crippen molar-refractivity contribution in [2.24, 2.45) is 5.16 Å². The molecule has 0 spiro atoms. The highest BCUT2D eigenvalue weighted by Crippen LogP contribution is 2.16. The van der Waals surface area contributed by atoms with Crippen LogP contribution in [0.5, 0.6) is 0 Å². The maximum atomic E-state index is 5.00. The van der Waals surface area contributed by atoms with E-state index in [1.165, 1.54) is 0 Å². The molecule has 0 amide bonds. The molecule has 1 aliphatic rings. The molecular formula is C9H9NOS. The minimum absolute atomic E-state index is 0.723. The van der Waals surface area contributed by atoms with Crippen molar-refractivity contribution in [3.63, 3.8) is 0 Å². The highest BCUT2D eigenvalue weighted by Gasteiger charge is 2.08. The van der Waals surface area contributed by atoms with Crippen LogP contribution in [0.15, 0.2) is 35.5 Å². The SMILES string of the molecule is c1ccc(C2=NOCCS2)cc1. The molecule has 0 aliphatic carbocycles. The first-order chi connectivity index (χ1) is 5.97. The zero-order valence-electron chi connectivity index (χ0n) is 6.56. The number of benzene rings is 1. The number of hydrogen-bond donors (Lipinski definition) is 0. The van der Waals surface area contributed by atoms with Gasteiger partial charge in [0.2, 0.25) is 0 Å². The highest BCUT2D eigenvalue weighted by atomic mass is 32.2. The Morgan fingerprint density at radius 1 is 1.25 bits per heavy atom. The Hall–Kier alpha value is -0.960. The van der Waals surface area contributed by atoms with E-state index in [0.29, 0.717) is 0 Å². The van der Waals surface area contributed by atoms with Crippen molar-refractivity contribution in [3.8, 4) is 0 Å². The van der Waals surface area contributed by atoms with Gasteiger partial charge in [0.25, 0.3) is 0 Å². The molecule has 2 rings (SSSR count). The van der Waals surface area contributed by atoms with E-state index in [4.69, 9.17) is 4.84 Å². The molecule has 0 fully saturated rings. The highest BCUT2D eigenvalue weighted by molar-refractivity contribution is 8.14. The summed E-state index contributed by atoms with van der Waals surface area (Å²) >= 11 is 1.74. The third kappa shape index (κ3) is 1.61. The number of rotatable bonds is 1. The molecule has 0 bridgehead atoms. The predicted molar refractivity (Wildman–Crippen MR) is 51.4 cm³/mol. The second-order valence-electron chi connectivity index (χ2n) is 2.44. The van der Waals surface area contributed by atoms with Gasteiger partial charge in [0.15, 0.2) is 0 Å². The lowest BCUT2D eigenvalue weighted by molar-refractivity contribution is 0.160. The molecule has 1 heterocycles. The van der Waals surface area contributed by atoms with Crippen molar-refractivity contribution in [3.05, 3.63) is 35.9 Å². The average molecular weight is 179 g/mol. The molecular weight excluding hydrogens is 170 g/mol. The molecule has 0 unspecified atom stereocenters. The summed E-state index contributed by atoms with van der Waals surface area (Å²) in [6.45, 7) is 0.723. The minimum atomic E-state index is 0.723. The third-order valence-corrected chi connectivity index (χ3v) is 2.54. The lowest BCUT2D eigenvalue weighted by Gasteiger charge is -2.10. The van der Waals surface area contributed by atoms with Gasteiger partial charge in [-0.05, 0) is 0 Å². The van der Waals surface area contributed by atoms with Crippen LogP contribution in [0.25, 0.3) is 0 Å². The summed E-state index contributed by atoms with van der Waals surface area (Å²) in [5, 5.41) is 4.97. The van der Waals surface area contributed by atoms with Gasteiger partial charge in [0.1, 0.15) is 11.7 Å². The van der Waals surface area contributed by atoms with Crippen LogP contribution in [0.4, 0.5) is 0 Å². The Morgan fingerprint density at radius 2 is 2.08 bits per heavy atom. The lowest BCUT2D eigenvalue weighted by atomic mass is 10.2. The fourth-order valence-corrected chi connectivity index (χ4v) is 1.78. The molecule has 0 aromatic heterocycles. The molecule has 1 aromatic carbocycles. The van der Waals surface area contributed by atoms with Crippen LogP contribution in [0, 0.1) is 0 Å². The third-order valence-electron chi connectivity index (χ3n) is 1.58. The van der Waals surface area contributed by atoms with Crippen LogP contribution >= 0.6 is 11.8 Å². The van der Waals surface area contributed by atoms with Gasteiger partial charge >= 0.3 is 0 Å². The largest absolute Gasteiger partial charge is 0.394 e. The van der Waals surface area contributed by atoms with Crippen molar-refractivity contribution >= 4 is 16.8 Å². The van der Waals surface area contributed by atoms with Crippen LogP contribution in [-0.2, 0) is 4.84 Å². The van der Waals surface area contributed by atoms with Crippen LogP contribution in [0.2, 0.25) is 0 Å². The Morgan fingerprint density at radius 3 is 2.75 bits per heavy atom. The molecule has 0 radical (unpaired) electrons. The normalized spacial score (nSPS) is 16.5. The Balaban J connectivity index is 2.24. The van der Waals surface area contributed by atoms with Crippen molar-refractivity contribution in [1.82, 2.24) is 0 Å². The number of thioether (sulfide) groups is 1. The molecule has 0 N–H and O–H groups in total. The molecule has 1 aliphatic heterocycles. The Bertz CT molecular complexity index is 284. The van der Waals surface area contributed by atoms with Crippen LogP contribution in [0.1, 0.15) is 5.56 Å². The van der Waals surface area contributed by atoms with E-state index in [1.807, 2.05) is 30.3 Å². The second kappa shape index (κ2) is 3.63. The van der Waals surface area contributed by atoms with Crippen molar-refractivity contribution in [2.45, 2.75) is 0 Å². The fraction of sp³-hybridized carbons (Fsp3) is 0.222. The van der Waals surface area contributed by atoms with Gasteiger partial charge < -0.3 is 4.84 Å². The van der Waals surface area contributed by atoms with E-state index in [0.717, 1.165) is 23.0 Å². The molecule has 2 nitrogen and oxygen atoms in total. The zero-order chi connectivity index (χ0) is 8.23. The van der Waals surface area contributed by atoms with Crippen molar-refractivity contribution in [1.29, 1.82) is 0 Å². The summed E-state index contributed by atoms with van der Waals surface area (Å²) in [6, 6.07) is 10.1. The number of hydrogen-bond acceptors (Lipinski definition) is 3. The molecule has 1 aromatic rings. The van der Waals surface area contributed by atoms with E-state index >= 15 is 0 Å². The van der Waals surface area contributed by atoms with E-state index in [2.05, 4.69) is 5.16 Å². The predicted octanol–water partition coefficient (Wildman–Crippen LogP) is 2.11. The fourth-order valence-electron chi connectivity index (χ4n) is 1.02. The van der Waals surface area contributed by atoms with E-state index in [9.17, 15) is 0 Å². The summed E-state index contributed by atoms with van der Waals surface area (Å²) in [7, 11) is 0. The number of nitrogens with zero attached hydrogens (tertiary/aromatic N) is 1. The molecule has 0 saturated carbocycles. The topological polar surface area (TPSA) is 21.6 Å². The standard InChI is InChI=1S/C9H9NOS/c1-2-4-8(5-3-1)9-10-11-6-7-12-9/h1-5H,6-7H2. The maximum absolute atomic E-state index is 5.00. The van der Waals surface area contributed by atoms with Gasteiger partial charge in [-0.1, -0.05) is 47.2 Å². The first-order valence-electron chi connectivity index (χ1n) is 3.85. The Labute approximate surface area is 75.6 Å². The van der Waals surface area contributed by atoms with E-state index in [1.54, 1.807) is 11.8 Å². The summed E-state index contributed by atoms with van der Waals surface area (Å²) in [6.07, 6.45) is 0. The number of oxime groups is 1. The molecule has 62 valence electrons. The van der Waals surface area contributed by atoms with Crippen LogP contribution < -0.4 is 0 Å².